The average Bonchev–Trinajstić information content (AvgIpc) is 3.18. The van der Waals surface area contributed by atoms with Gasteiger partial charge < -0.3 is 19.7 Å². The van der Waals surface area contributed by atoms with Crippen LogP contribution in [0, 0.1) is 5.92 Å². The summed E-state index contributed by atoms with van der Waals surface area (Å²) in [5.41, 5.74) is 1.33. The Balaban J connectivity index is 1.27. The van der Waals surface area contributed by atoms with Gasteiger partial charge in [-0.1, -0.05) is 22.9 Å². The molecule has 160 valence electrons. The molecule has 3 heterocycles. The van der Waals surface area contributed by atoms with Crippen LogP contribution in [0.15, 0.2) is 36.4 Å². The van der Waals surface area contributed by atoms with Gasteiger partial charge in [-0.2, -0.15) is 0 Å². The standard InChI is InChI=1S/C22H20ClN3O4S/c23-15-5-3-13(4-6-15)21(28)26-7-1-2-14(12-26)20(27)25-22-24-16-10-17-18(11-19(16)31-22)30-9-8-29-17/h3-6,10-11,14H,1-2,7-9,12H2,(H,24,25,27). The molecule has 5 rings (SSSR count). The maximum absolute atomic E-state index is 12.9. The van der Waals surface area contributed by atoms with E-state index in [2.05, 4.69) is 10.3 Å². The molecule has 2 aliphatic heterocycles. The normalized spacial score (nSPS) is 18.1. The molecule has 7 nitrogen and oxygen atoms in total. The minimum Gasteiger partial charge on any atom is -0.486 e. The summed E-state index contributed by atoms with van der Waals surface area (Å²) in [5, 5.41) is 4.05. The zero-order chi connectivity index (χ0) is 21.4. The van der Waals surface area contributed by atoms with E-state index in [0.717, 1.165) is 23.1 Å². The molecule has 0 bridgehead atoms. The molecule has 2 amide bonds. The van der Waals surface area contributed by atoms with Crippen molar-refractivity contribution in [2.24, 2.45) is 5.92 Å². The van der Waals surface area contributed by atoms with Crippen molar-refractivity contribution in [3.8, 4) is 11.5 Å². The number of nitrogens with one attached hydrogen (secondary N) is 1. The summed E-state index contributed by atoms with van der Waals surface area (Å²) in [6, 6.07) is 10.5. The quantitative estimate of drug-likeness (QED) is 0.637. The smallest absolute Gasteiger partial charge is 0.253 e. The summed E-state index contributed by atoms with van der Waals surface area (Å²) in [6.07, 6.45) is 1.51. The number of anilines is 1. The highest BCUT2D eigenvalue weighted by Gasteiger charge is 2.29. The topological polar surface area (TPSA) is 80.8 Å². The Morgan fingerprint density at radius 3 is 2.65 bits per heavy atom. The highest BCUT2D eigenvalue weighted by Crippen LogP contribution is 2.38. The Bertz CT molecular complexity index is 1100. The number of benzene rings is 2. The van der Waals surface area contributed by atoms with Crippen LogP contribution in [0.5, 0.6) is 11.5 Å². The Morgan fingerprint density at radius 1 is 1.13 bits per heavy atom. The lowest BCUT2D eigenvalue weighted by atomic mass is 9.96. The minimum absolute atomic E-state index is 0.0836. The second-order valence-corrected chi connectivity index (χ2v) is 9.04. The fourth-order valence-electron chi connectivity index (χ4n) is 3.88. The molecular weight excluding hydrogens is 438 g/mol. The van der Waals surface area contributed by atoms with Crippen molar-refractivity contribution < 1.29 is 19.1 Å². The van der Waals surface area contributed by atoms with E-state index < -0.39 is 0 Å². The molecular formula is C22H20ClN3O4S. The lowest BCUT2D eigenvalue weighted by Gasteiger charge is -2.32. The number of halogens is 1. The summed E-state index contributed by atoms with van der Waals surface area (Å²) in [6.45, 7) is 2.05. The Kier molecular flexibility index (Phi) is 5.41. The predicted octanol–water partition coefficient (Wildman–Crippen LogP) is 4.21. The summed E-state index contributed by atoms with van der Waals surface area (Å²) in [5.74, 6) is 0.885. The molecule has 31 heavy (non-hydrogen) atoms. The molecule has 0 saturated carbocycles. The molecule has 1 aromatic heterocycles. The number of fused-ring (bicyclic) bond motifs is 2. The number of rotatable bonds is 3. The Morgan fingerprint density at radius 2 is 1.87 bits per heavy atom. The highest BCUT2D eigenvalue weighted by molar-refractivity contribution is 7.22. The number of likely N-dealkylation sites (tertiary alicyclic amines) is 1. The summed E-state index contributed by atoms with van der Waals surface area (Å²) in [4.78, 5) is 32.0. The van der Waals surface area contributed by atoms with Gasteiger partial charge in [0.05, 0.1) is 16.1 Å². The van der Waals surface area contributed by atoms with Gasteiger partial charge in [0.25, 0.3) is 5.91 Å². The first-order valence-corrected chi connectivity index (χ1v) is 11.3. The van der Waals surface area contributed by atoms with Crippen LogP contribution in [0.1, 0.15) is 23.2 Å². The lowest BCUT2D eigenvalue weighted by molar-refractivity contribution is -0.121. The van der Waals surface area contributed by atoms with Crippen LogP contribution < -0.4 is 14.8 Å². The molecule has 1 saturated heterocycles. The van der Waals surface area contributed by atoms with Crippen LogP contribution in [0.25, 0.3) is 10.2 Å². The van der Waals surface area contributed by atoms with Crippen LogP contribution in [0.4, 0.5) is 5.13 Å². The molecule has 2 aromatic carbocycles. The number of ether oxygens (including phenoxy) is 2. The Hall–Kier alpha value is -2.84. The van der Waals surface area contributed by atoms with Crippen molar-refractivity contribution in [2.75, 3.05) is 31.6 Å². The van der Waals surface area contributed by atoms with Crippen LogP contribution in [-0.2, 0) is 4.79 Å². The maximum Gasteiger partial charge on any atom is 0.253 e. The number of nitrogens with zero attached hydrogens (tertiary/aromatic N) is 2. The first-order valence-electron chi connectivity index (χ1n) is 10.1. The number of carbonyl (C=O) groups is 2. The second-order valence-electron chi connectivity index (χ2n) is 7.57. The maximum atomic E-state index is 12.9. The first-order chi connectivity index (χ1) is 15.1. The zero-order valence-corrected chi connectivity index (χ0v) is 18.2. The third-order valence-corrected chi connectivity index (χ3v) is 6.64. The van der Waals surface area contributed by atoms with Gasteiger partial charge in [0.15, 0.2) is 16.6 Å². The fraction of sp³-hybridized carbons (Fsp3) is 0.318. The first kappa shape index (κ1) is 20.1. The number of amides is 2. The summed E-state index contributed by atoms with van der Waals surface area (Å²) < 4.78 is 12.1. The van der Waals surface area contributed by atoms with Gasteiger partial charge in [0.2, 0.25) is 5.91 Å². The fourth-order valence-corrected chi connectivity index (χ4v) is 4.88. The second kappa shape index (κ2) is 8.36. The number of hydrogen-bond acceptors (Lipinski definition) is 6. The molecule has 9 heteroatoms. The Labute approximate surface area is 187 Å². The number of carbonyl (C=O) groups excluding carboxylic acids is 2. The molecule has 1 unspecified atom stereocenters. The van der Waals surface area contributed by atoms with Crippen molar-refractivity contribution >= 4 is 50.1 Å². The van der Waals surface area contributed by atoms with Crippen LogP contribution in [0.3, 0.4) is 0 Å². The van der Waals surface area contributed by atoms with Gasteiger partial charge in [-0.05, 0) is 37.1 Å². The van der Waals surface area contributed by atoms with E-state index in [-0.39, 0.29) is 17.7 Å². The number of hydrogen-bond donors (Lipinski definition) is 1. The SMILES string of the molecule is O=C(Nc1nc2cc3c(cc2s1)OCCO3)C1CCCN(C(=O)c2ccc(Cl)cc2)C1. The number of aromatic nitrogens is 1. The highest BCUT2D eigenvalue weighted by atomic mass is 35.5. The van der Waals surface area contributed by atoms with Crippen LogP contribution in [-0.4, -0.2) is 48.0 Å². The van der Waals surface area contributed by atoms with Crippen molar-refractivity contribution in [3.05, 3.63) is 47.0 Å². The molecule has 1 atom stereocenters. The van der Waals surface area contributed by atoms with Crippen LogP contribution in [0.2, 0.25) is 5.02 Å². The monoisotopic (exact) mass is 457 g/mol. The van der Waals surface area contributed by atoms with Crippen molar-refractivity contribution in [2.45, 2.75) is 12.8 Å². The van der Waals surface area contributed by atoms with E-state index in [4.69, 9.17) is 21.1 Å². The molecule has 0 radical (unpaired) electrons. The molecule has 2 aliphatic rings. The van der Waals surface area contributed by atoms with E-state index >= 15 is 0 Å². The minimum atomic E-state index is -0.281. The number of thiazole rings is 1. The number of piperidine rings is 1. The van der Waals surface area contributed by atoms with Crippen molar-refractivity contribution in [1.82, 2.24) is 9.88 Å². The summed E-state index contributed by atoms with van der Waals surface area (Å²) >= 11 is 7.31. The van der Waals surface area contributed by atoms with E-state index in [0.29, 0.717) is 53.5 Å². The average molecular weight is 458 g/mol. The van der Waals surface area contributed by atoms with Gasteiger partial charge in [0.1, 0.15) is 13.2 Å². The van der Waals surface area contributed by atoms with Crippen molar-refractivity contribution in [3.63, 3.8) is 0 Å². The van der Waals surface area contributed by atoms with Gasteiger partial charge in [-0.15, -0.1) is 0 Å². The van der Waals surface area contributed by atoms with Crippen LogP contribution >= 0.6 is 22.9 Å². The molecule has 1 N–H and O–H groups in total. The van der Waals surface area contributed by atoms with E-state index in [1.165, 1.54) is 11.3 Å². The lowest BCUT2D eigenvalue weighted by Crippen LogP contribution is -2.43. The van der Waals surface area contributed by atoms with E-state index in [9.17, 15) is 9.59 Å². The third kappa shape index (κ3) is 4.18. The van der Waals surface area contributed by atoms with Gasteiger partial charge in [-0.25, -0.2) is 4.98 Å². The van der Waals surface area contributed by atoms with Crippen molar-refractivity contribution in [1.29, 1.82) is 0 Å². The third-order valence-electron chi connectivity index (χ3n) is 5.45. The van der Waals surface area contributed by atoms with E-state index in [1.807, 2.05) is 12.1 Å². The van der Waals surface area contributed by atoms with E-state index in [1.54, 1.807) is 29.2 Å². The molecule has 3 aromatic rings. The molecule has 1 fully saturated rings. The van der Waals surface area contributed by atoms with Gasteiger partial charge in [-0.3, -0.25) is 9.59 Å². The predicted molar refractivity (Wildman–Crippen MR) is 119 cm³/mol. The summed E-state index contributed by atoms with van der Waals surface area (Å²) in [7, 11) is 0. The van der Waals surface area contributed by atoms with Gasteiger partial charge >= 0.3 is 0 Å². The van der Waals surface area contributed by atoms with Gasteiger partial charge in [0, 0.05) is 35.8 Å². The molecule has 0 spiro atoms. The zero-order valence-electron chi connectivity index (χ0n) is 16.6. The molecule has 0 aliphatic carbocycles. The largest absolute Gasteiger partial charge is 0.486 e.